The van der Waals surface area contributed by atoms with E-state index in [1.165, 1.54) is 0 Å². The summed E-state index contributed by atoms with van der Waals surface area (Å²) in [7, 11) is 4.11. The molecular formula is C21H29N5O. The Bertz CT molecular complexity index is 756. The number of rotatable bonds is 6. The largest absolute Gasteiger partial charge is 0.360 e. The zero-order valence-electron chi connectivity index (χ0n) is 16.6. The number of hydrogen-bond donors (Lipinski definition) is 0. The van der Waals surface area contributed by atoms with Crippen LogP contribution in [0.25, 0.3) is 11.4 Å². The summed E-state index contributed by atoms with van der Waals surface area (Å²) in [6.45, 7) is 6.34. The monoisotopic (exact) mass is 367 g/mol. The van der Waals surface area contributed by atoms with Crippen molar-refractivity contribution in [3.63, 3.8) is 0 Å². The van der Waals surface area contributed by atoms with E-state index in [1.54, 1.807) is 0 Å². The molecule has 1 aromatic carbocycles. The molecule has 1 fully saturated rings. The maximum absolute atomic E-state index is 13.1. The summed E-state index contributed by atoms with van der Waals surface area (Å²) in [5, 5.41) is 0. The number of anilines is 1. The zero-order chi connectivity index (χ0) is 19.2. The maximum Gasteiger partial charge on any atom is 0.272 e. The molecular weight excluding hydrogens is 338 g/mol. The number of likely N-dealkylation sites (N-methyl/N-ethyl adjacent to an activating group) is 1. The molecule has 1 aromatic heterocycles. The fourth-order valence-electron chi connectivity index (χ4n) is 3.14. The van der Waals surface area contributed by atoms with Gasteiger partial charge < -0.3 is 14.7 Å². The molecule has 0 unspecified atom stereocenters. The molecule has 27 heavy (non-hydrogen) atoms. The first kappa shape index (κ1) is 19.3. The van der Waals surface area contributed by atoms with Crippen LogP contribution < -0.4 is 4.90 Å². The number of benzene rings is 1. The average Bonchev–Trinajstić information content (AvgIpc) is 2.72. The third kappa shape index (κ3) is 4.83. The second-order valence-corrected chi connectivity index (χ2v) is 7.17. The van der Waals surface area contributed by atoms with Gasteiger partial charge in [0, 0.05) is 51.4 Å². The Morgan fingerprint density at radius 2 is 1.81 bits per heavy atom. The highest BCUT2D eigenvalue weighted by Crippen LogP contribution is 2.21. The smallest absolute Gasteiger partial charge is 0.272 e. The molecule has 2 aromatic rings. The van der Waals surface area contributed by atoms with Crippen LogP contribution >= 0.6 is 0 Å². The van der Waals surface area contributed by atoms with Gasteiger partial charge in [0.25, 0.3) is 5.91 Å². The number of unbranched alkanes of at least 4 members (excludes halogenated alkanes) is 1. The summed E-state index contributed by atoms with van der Waals surface area (Å²) in [4.78, 5) is 28.7. The van der Waals surface area contributed by atoms with Gasteiger partial charge in [-0.25, -0.2) is 9.97 Å². The van der Waals surface area contributed by atoms with Crippen LogP contribution in [0.5, 0.6) is 0 Å². The number of piperazine rings is 1. The van der Waals surface area contributed by atoms with Gasteiger partial charge in [-0.15, -0.1) is 0 Å². The minimum absolute atomic E-state index is 0.00665. The third-order valence-corrected chi connectivity index (χ3v) is 4.99. The molecule has 6 heteroatoms. The van der Waals surface area contributed by atoms with Crippen molar-refractivity contribution in [1.82, 2.24) is 19.8 Å². The Morgan fingerprint density at radius 1 is 1.11 bits per heavy atom. The molecule has 0 bridgehead atoms. The molecule has 1 aliphatic rings. The molecule has 0 N–H and O–H groups in total. The number of amides is 1. The lowest BCUT2D eigenvalue weighted by atomic mass is 10.2. The van der Waals surface area contributed by atoms with Crippen molar-refractivity contribution in [3.8, 4) is 11.4 Å². The second kappa shape index (κ2) is 8.95. The van der Waals surface area contributed by atoms with Gasteiger partial charge in [-0.2, -0.15) is 0 Å². The van der Waals surface area contributed by atoms with Crippen LogP contribution in [-0.4, -0.2) is 72.5 Å². The van der Waals surface area contributed by atoms with Gasteiger partial charge in [-0.1, -0.05) is 43.7 Å². The Kier molecular flexibility index (Phi) is 6.40. The summed E-state index contributed by atoms with van der Waals surface area (Å²) in [5.41, 5.74) is 1.41. The van der Waals surface area contributed by atoms with E-state index < -0.39 is 0 Å². The molecule has 3 rings (SSSR count). The van der Waals surface area contributed by atoms with Crippen molar-refractivity contribution in [2.45, 2.75) is 19.8 Å². The van der Waals surface area contributed by atoms with E-state index in [9.17, 15) is 4.79 Å². The van der Waals surface area contributed by atoms with E-state index in [0.29, 0.717) is 11.5 Å². The highest BCUT2D eigenvalue weighted by molar-refractivity contribution is 5.93. The lowest BCUT2D eigenvalue weighted by Crippen LogP contribution is -2.47. The van der Waals surface area contributed by atoms with Gasteiger partial charge in [0.05, 0.1) is 0 Å². The fourth-order valence-corrected chi connectivity index (χ4v) is 3.14. The zero-order valence-corrected chi connectivity index (χ0v) is 16.6. The number of hydrogen-bond acceptors (Lipinski definition) is 5. The van der Waals surface area contributed by atoms with Crippen molar-refractivity contribution in [2.75, 3.05) is 51.7 Å². The predicted molar refractivity (Wildman–Crippen MR) is 109 cm³/mol. The number of carbonyl (C=O) groups excluding carboxylic acids is 1. The van der Waals surface area contributed by atoms with Gasteiger partial charge in [0.1, 0.15) is 11.5 Å². The Balaban J connectivity index is 1.93. The molecule has 0 atom stereocenters. The first-order valence-corrected chi connectivity index (χ1v) is 9.72. The van der Waals surface area contributed by atoms with E-state index in [4.69, 9.17) is 4.98 Å². The van der Waals surface area contributed by atoms with E-state index in [2.05, 4.69) is 28.8 Å². The van der Waals surface area contributed by atoms with Gasteiger partial charge >= 0.3 is 0 Å². The summed E-state index contributed by atoms with van der Waals surface area (Å²) in [6.07, 6.45) is 2.21. The van der Waals surface area contributed by atoms with Gasteiger partial charge in [-0.05, 0) is 13.5 Å². The summed E-state index contributed by atoms with van der Waals surface area (Å²) in [6, 6.07) is 11.7. The van der Waals surface area contributed by atoms with Crippen molar-refractivity contribution < 1.29 is 4.79 Å². The van der Waals surface area contributed by atoms with Crippen molar-refractivity contribution in [2.24, 2.45) is 0 Å². The van der Waals surface area contributed by atoms with E-state index in [1.807, 2.05) is 48.3 Å². The van der Waals surface area contributed by atoms with Crippen LogP contribution in [0.15, 0.2) is 36.4 Å². The van der Waals surface area contributed by atoms with Gasteiger partial charge in [0.2, 0.25) is 0 Å². The molecule has 2 heterocycles. The van der Waals surface area contributed by atoms with Crippen LogP contribution in [0, 0.1) is 0 Å². The molecule has 1 aliphatic heterocycles. The number of carbonyl (C=O) groups is 1. The van der Waals surface area contributed by atoms with Crippen molar-refractivity contribution in [1.29, 1.82) is 0 Å². The van der Waals surface area contributed by atoms with Crippen molar-refractivity contribution >= 4 is 11.7 Å². The summed E-state index contributed by atoms with van der Waals surface area (Å²) < 4.78 is 0. The molecule has 0 aliphatic carbocycles. The predicted octanol–water partition coefficient (Wildman–Crippen LogP) is 2.77. The first-order chi connectivity index (χ1) is 13.1. The fraction of sp³-hybridized carbons (Fsp3) is 0.476. The minimum Gasteiger partial charge on any atom is -0.360 e. The molecule has 0 radical (unpaired) electrons. The molecule has 1 amide bonds. The lowest BCUT2D eigenvalue weighted by Gasteiger charge is -2.32. The van der Waals surface area contributed by atoms with E-state index >= 15 is 0 Å². The van der Waals surface area contributed by atoms with Gasteiger partial charge in [-0.3, -0.25) is 4.79 Å². The summed E-state index contributed by atoms with van der Waals surface area (Å²) >= 11 is 0. The molecule has 6 nitrogen and oxygen atoms in total. The lowest BCUT2D eigenvalue weighted by molar-refractivity contribution is 0.0658. The van der Waals surface area contributed by atoms with Crippen LogP contribution in [0.1, 0.15) is 30.3 Å². The van der Waals surface area contributed by atoms with Crippen LogP contribution in [0.2, 0.25) is 0 Å². The Labute approximate surface area is 161 Å². The Morgan fingerprint density at radius 3 is 2.48 bits per heavy atom. The topological polar surface area (TPSA) is 52.6 Å². The molecule has 144 valence electrons. The normalized spacial score (nSPS) is 15.0. The standard InChI is InChI=1S/C21H29N5O/c1-4-5-11-25(3)19-16-18(21(27)26-14-12-24(2)13-15-26)22-20(23-19)17-9-7-6-8-10-17/h6-10,16H,4-5,11-15H2,1-3H3. The third-order valence-electron chi connectivity index (χ3n) is 4.99. The maximum atomic E-state index is 13.1. The molecule has 1 saturated heterocycles. The van der Waals surface area contributed by atoms with Crippen LogP contribution in [0.4, 0.5) is 5.82 Å². The Hall–Kier alpha value is -2.47. The quantitative estimate of drug-likeness (QED) is 0.786. The molecule has 0 saturated carbocycles. The number of nitrogens with zero attached hydrogens (tertiary/aromatic N) is 5. The highest BCUT2D eigenvalue weighted by Gasteiger charge is 2.23. The summed E-state index contributed by atoms with van der Waals surface area (Å²) in [5.74, 6) is 1.40. The van der Waals surface area contributed by atoms with E-state index in [0.717, 1.165) is 56.9 Å². The van der Waals surface area contributed by atoms with Crippen molar-refractivity contribution in [3.05, 3.63) is 42.1 Å². The van der Waals surface area contributed by atoms with Crippen LogP contribution in [0.3, 0.4) is 0 Å². The second-order valence-electron chi connectivity index (χ2n) is 7.17. The number of aromatic nitrogens is 2. The molecule has 0 spiro atoms. The SMILES string of the molecule is CCCCN(C)c1cc(C(=O)N2CCN(C)CC2)nc(-c2ccccc2)n1. The first-order valence-electron chi connectivity index (χ1n) is 9.72. The highest BCUT2D eigenvalue weighted by atomic mass is 16.2. The van der Waals surface area contributed by atoms with Crippen LogP contribution in [-0.2, 0) is 0 Å². The average molecular weight is 367 g/mol. The minimum atomic E-state index is -0.00665. The van der Waals surface area contributed by atoms with Gasteiger partial charge in [0.15, 0.2) is 5.82 Å². The van der Waals surface area contributed by atoms with E-state index in [-0.39, 0.29) is 5.91 Å².